The van der Waals surface area contributed by atoms with Crippen molar-refractivity contribution in [3.05, 3.63) is 58.4 Å². The highest BCUT2D eigenvalue weighted by Gasteiger charge is 2.21. The molecule has 7 nitrogen and oxygen atoms in total. The van der Waals surface area contributed by atoms with Gasteiger partial charge in [0, 0.05) is 5.56 Å². The summed E-state index contributed by atoms with van der Waals surface area (Å²) in [6.45, 7) is -0.232. The zero-order valence-corrected chi connectivity index (χ0v) is 11.9. The molecule has 0 unspecified atom stereocenters. The first-order chi connectivity index (χ1) is 11.1. The number of aliphatic hydroxyl groups is 1. The molecular weight excluding hydrogens is 303 g/mol. The van der Waals surface area contributed by atoms with E-state index in [1.54, 1.807) is 30.3 Å². The van der Waals surface area contributed by atoms with Crippen LogP contribution in [-0.4, -0.2) is 14.9 Å². The number of rotatable bonds is 5. The normalized spacial score (nSPS) is 10.9. The summed E-state index contributed by atoms with van der Waals surface area (Å²) in [5.74, 6) is 0.187. The van der Waals surface area contributed by atoms with E-state index in [9.17, 15) is 9.30 Å². The Labute approximate surface area is 130 Å². The number of nitrogen functional groups attached to an aromatic ring is 1. The van der Waals surface area contributed by atoms with Gasteiger partial charge in [0.2, 0.25) is 0 Å². The molecular formula is C15H13FN4O3. The maximum Gasteiger partial charge on any atom is 0.180 e. The average Bonchev–Trinajstić information content (AvgIpc) is 3.14. The summed E-state index contributed by atoms with van der Waals surface area (Å²) in [6, 6.07) is 9.30. The van der Waals surface area contributed by atoms with Crippen molar-refractivity contribution >= 4 is 11.5 Å². The zero-order chi connectivity index (χ0) is 16.4. The van der Waals surface area contributed by atoms with Gasteiger partial charge in [-0.1, -0.05) is 18.2 Å². The van der Waals surface area contributed by atoms with Gasteiger partial charge in [-0.25, -0.2) is 9.07 Å². The predicted octanol–water partition coefficient (Wildman–Crippen LogP) is 2.80. The van der Waals surface area contributed by atoms with Crippen LogP contribution in [0, 0.1) is 10.7 Å². The van der Waals surface area contributed by atoms with Gasteiger partial charge in [0.15, 0.2) is 23.0 Å². The Morgan fingerprint density at radius 3 is 2.74 bits per heavy atom. The largest absolute Gasteiger partial charge is 0.457 e. The zero-order valence-electron chi connectivity index (χ0n) is 11.9. The fourth-order valence-corrected chi connectivity index (χ4v) is 2.22. The Bertz CT molecular complexity index is 856. The number of halogens is 1. The molecule has 0 spiro atoms. The van der Waals surface area contributed by atoms with Crippen LogP contribution in [0.2, 0.25) is 0 Å². The summed E-state index contributed by atoms with van der Waals surface area (Å²) in [4.78, 5) is 11.1. The first kappa shape index (κ1) is 14.9. The predicted molar refractivity (Wildman–Crippen MR) is 81.2 cm³/mol. The Morgan fingerprint density at radius 1 is 1.30 bits per heavy atom. The van der Waals surface area contributed by atoms with Crippen LogP contribution in [0.4, 0.5) is 15.9 Å². The molecule has 3 rings (SSSR count). The van der Waals surface area contributed by atoms with Crippen LogP contribution in [0.1, 0.15) is 11.3 Å². The number of aliphatic hydroxyl groups excluding tert-OH is 1. The smallest absolute Gasteiger partial charge is 0.180 e. The molecule has 0 aliphatic heterocycles. The molecule has 0 radical (unpaired) electrons. The highest BCUT2D eigenvalue weighted by atomic mass is 19.1. The van der Waals surface area contributed by atoms with Gasteiger partial charge in [-0.2, -0.15) is 5.10 Å². The molecule has 118 valence electrons. The quantitative estimate of drug-likeness (QED) is 0.704. The molecule has 0 aliphatic rings. The van der Waals surface area contributed by atoms with E-state index in [0.717, 1.165) is 0 Å². The minimum atomic E-state index is -0.398. The Morgan fingerprint density at radius 2 is 2.09 bits per heavy atom. The third kappa shape index (κ3) is 2.71. The van der Waals surface area contributed by atoms with E-state index in [0.29, 0.717) is 11.3 Å². The maximum absolute atomic E-state index is 13.8. The second kappa shape index (κ2) is 6.01. The molecule has 0 atom stereocenters. The van der Waals surface area contributed by atoms with Gasteiger partial charge < -0.3 is 15.3 Å². The molecule has 8 heteroatoms. The molecule has 1 aromatic carbocycles. The lowest BCUT2D eigenvalue weighted by Gasteiger charge is -2.04. The van der Waals surface area contributed by atoms with Crippen LogP contribution >= 0.6 is 0 Å². The molecule has 0 bridgehead atoms. The Hall–Kier alpha value is -3.00. The van der Waals surface area contributed by atoms with E-state index in [1.165, 1.54) is 10.7 Å². The van der Waals surface area contributed by atoms with Gasteiger partial charge in [0.25, 0.3) is 0 Å². The van der Waals surface area contributed by atoms with E-state index >= 15 is 0 Å². The van der Waals surface area contributed by atoms with Crippen molar-refractivity contribution in [1.29, 1.82) is 0 Å². The van der Waals surface area contributed by atoms with Crippen molar-refractivity contribution in [3.8, 4) is 11.5 Å². The average molecular weight is 316 g/mol. The van der Waals surface area contributed by atoms with Crippen LogP contribution < -0.4 is 5.73 Å². The number of furan rings is 1. The summed E-state index contributed by atoms with van der Waals surface area (Å²) < 4.78 is 20.4. The lowest BCUT2D eigenvalue weighted by Crippen LogP contribution is -2.07. The molecule has 0 saturated heterocycles. The summed E-state index contributed by atoms with van der Waals surface area (Å²) in [6.07, 6.45) is 0. The van der Waals surface area contributed by atoms with Crippen molar-refractivity contribution in [1.82, 2.24) is 9.78 Å². The van der Waals surface area contributed by atoms with Crippen molar-refractivity contribution in [2.45, 2.75) is 13.2 Å². The second-order valence-electron chi connectivity index (χ2n) is 4.85. The molecule has 2 aromatic heterocycles. The third-order valence-corrected chi connectivity index (χ3v) is 3.39. The number of nitrogens with two attached hydrogens (primary N) is 1. The number of nitroso groups, excluding NO2 is 1. The van der Waals surface area contributed by atoms with Gasteiger partial charge in [-0.3, -0.25) is 0 Å². The van der Waals surface area contributed by atoms with E-state index in [2.05, 4.69) is 10.3 Å². The minimum Gasteiger partial charge on any atom is -0.457 e. The highest BCUT2D eigenvalue weighted by Crippen LogP contribution is 2.35. The number of aromatic nitrogens is 2. The first-order valence-electron chi connectivity index (χ1n) is 6.77. The van der Waals surface area contributed by atoms with Crippen LogP contribution in [-0.2, 0) is 13.2 Å². The van der Waals surface area contributed by atoms with Gasteiger partial charge in [0.05, 0.1) is 6.54 Å². The molecule has 0 saturated carbocycles. The lowest BCUT2D eigenvalue weighted by atomic mass is 10.2. The van der Waals surface area contributed by atoms with Crippen LogP contribution in [0.25, 0.3) is 11.5 Å². The summed E-state index contributed by atoms with van der Waals surface area (Å²) in [5.41, 5.74) is 6.32. The number of anilines is 1. The van der Waals surface area contributed by atoms with Crippen molar-refractivity contribution in [2.24, 2.45) is 5.18 Å². The topological polar surface area (TPSA) is 107 Å². The van der Waals surface area contributed by atoms with E-state index in [-0.39, 0.29) is 36.1 Å². The van der Waals surface area contributed by atoms with Gasteiger partial charge in [-0.15, -0.1) is 4.91 Å². The highest BCUT2D eigenvalue weighted by molar-refractivity contribution is 5.77. The molecule has 0 fully saturated rings. The Kier molecular flexibility index (Phi) is 3.90. The van der Waals surface area contributed by atoms with Crippen molar-refractivity contribution in [3.63, 3.8) is 0 Å². The summed E-state index contributed by atoms with van der Waals surface area (Å²) >= 11 is 0. The second-order valence-corrected chi connectivity index (χ2v) is 4.85. The SMILES string of the molecule is Nc1c(N=O)c(-c2ccc(CO)o2)nn1Cc1ccccc1F. The molecule has 3 aromatic rings. The number of hydrogen-bond donors (Lipinski definition) is 2. The molecule has 23 heavy (non-hydrogen) atoms. The van der Waals surface area contributed by atoms with Crippen LogP contribution in [0.15, 0.2) is 46.0 Å². The summed E-state index contributed by atoms with van der Waals surface area (Å²) in [7, 11) is 0. The third-order valence-electron chi connectivity index (χ3n) is 3.39. The molecule has 3 N–H and O–H groups in total. The van der Waals surface area contributed by atoms with Gasteiger partial charge >= 0.3 is 0 Å². The van der Waals surface area contributed by atoms with Crippen LogP contribution in [0.3, 0.4) is 0 Å². The monoisotopic (exact) mass is 316 g/mol. The standard InChI is InChI=1S/C15H13FN4O3/c16-11-4-2-1-3-9(11)7-20-15(17)14(19-22)13(18-20)12-6-5-10(8-21)23-12/h1-6,21H,7-8,17H2. The first-order valence-corrected chi connectivity index (χ1v) is 6.77. The number of benzene rings is 1. The Balaban J connectivity index is 2.03. The maximum atomic E-state index is 13.8. The van der Waals surface area contributed by atoms with E-state index < -0.39 is 5.82 Å². The summed E-state index contributed by atoms with van der Waals surface area (Å²) in [5, 5.41) is 16.1. The molecule has 0 amide bonds. The van der Waals surface area contributed by atoms with Crippen molar-refractivity contribution in [2.75, 3.05) is 5.73 Å². The van der Waals surface area contributed by atoms with Gasteiger partial charge in [0.1, 0.15) is 18.2 Å². The molecule has 2 heterocycles. The fraction of sp³-hybridized carbons (Fsp3) is 0.133. The number of hydrogen-bond acceptors (Lipinski definition) is 6. The molecule has 0 aliphatic carbocycles. The van der Waals surface area contributed by atoms with Gasteiger partial charge in [-0.05, 0) is 23.4 Å². The lowest BCUT2D eigenvalue weighted by molar-refractivity contribution is 0.248. The fourth-order valence-electron chi connectivity index (χ4n) is 2.22. The van der Waals surface area contributed by atoms with Crippen LogP contribution in [0.5, 0.6) is 0 Å². The van der Waals surface area contributed by atoms with Crippen molar-refractivity contribution < 1.29 is 13.9 Å². The van der Waals surface area contributed by atoms with E-state index in [4.69, 9.17) is 15.3 Å². The number of nitrogens with zero attached hydrogens (tertiary/aromatic N) is 3. The van der Waals surface area contributed by atoms with E-state index in [1.807, 2.05) is 0 Å². The minimum absolute atomic E-state index is 0.0141.